The van der Waals surface area contributed by atoms with Crippen molar-refractivity contribution in [3.8, 4) is 0 Å². The molecule has 0 amide bonds. The third-order valence-electron chi connectivity index (χ3n) is 5.64. The van der Waals surface area contributed by atoms with Crippen molar-refractivity contribution >= 4 is 5.97 Å². The molecule has 142 valence electrons. The Labute approximate surface area is 151 Å². The maximum absolute atomic E-state index is 11.9. The van der Waals surface area contributed by atoms with Crippen LogP contribution >= 0.6 is 0 Å². The summed E-state index contributed by atoms with van der Waals surface area (Å²) in [6, 6.07) is 0. The van der Waals surface area contributed by atoms with E-state index >= 15 is 0 Å². The maximum atomic E-state index is 11.9. The number of methoxy groups -OCH3 is 1. The van der Waals surface area contributed by atoms with E-state index in [0.717, 1.165) is 12.8 Å². The Bertz CT molecular complexity index is 268. The van der Waals surface area contributed by atoms with Crippen LogP contribution in [0.4, 0.5) is 0 Å². The van der Waals surface area contributed by atoms with Gasteiger partial charge in [0.05, 0.1) is 13.0 Å². The average Bonchev–Trinajstić information content (AvgIpc) is 2.60. The molecule has 0 atom stereocenters. The Kier molecular flexibility index (Phi) is 14.3. The van der Waals surface area contributed by atoms with Crippen LogP contribution in [0.2, 0.25) is 0 Å². The predicted molar refractivity (Wildman–Crippen MR) is 103 cm³/mol. The third kappa shape index (κ3) is 11.9. The van der Waals surface area contributed by atoms with Crippen molar-refractivity contribution in [2.24, 2.45) is 5.92 Å². The first-order chi connectivity index (χ1) is 11.8. The lowest BCUT2D eigenvalue weighted by atomic mass is 9.94. The zero-order valence-corrected chi connectivity index (χ0v) is 16.3. The highest BCUT2D eigenvalue weighted by atomic mass is 16.5. The lowest BCUT2D eigenvalue weighted by Gasteiger charge is -2.14. The molecule has 0 aromatic rings. The number of carbonyl (C=O) groups is 1. The Morgan fingerprint density at radius 2 is 0.792 bits per heavy atom. The van der Waals surface area contributed by atoms with Crippen molar-refractivity contribution in [2.75, 3.05) is 7.11 Å². The topological polar surface area (TPSA) is 26.3 Å². The fourth-order valence-electron chi connectivity index (χ4n) is 3.98. The van der Waals surface area contributed by atoms with Gasteiger partial charge >= 0.3 is 5.97 Å². The molecule has 0 N–H and O–H groups in total. The molecule has 0 radical (unpaired) electrons. The van der Waals surface area contributed by atoms with E-state index in [1.165, 1.54) is 109 Å². The smallest absolute Gasteiger partial charge is 0.308 e. The molecule has 0 saturated heterocycles. The van der Waals surface area contributed by atoms with Gasteiger partial charge in [-0.25, -0.2) is 0 Å². The molecule has 1 rings (SSSR count). The van der Waals surface area contributed by atoms with E-state index in [9.17, 15) is 4.79 Å². The van der Waals surface area contributed by atoms with Gasteiger partial charge in [-0.15, -0.1) is 0 Å². The molecule has 0 heterocycles. The normalized spacial score (nSPS) is 22.5. The van der Waals surface area contributed by atoms with Crippen molar-refractivity contribution in [3.05, 3.63) is 0 Å². The minimum atomic E-state index is 0.0251. The quantitative estimate of drug-likeness (QED) is 0.472. The van der Waals surface area contributed by atoms with Crippen LogP contribution in [0.15, 0.2) is 0 Å². The molecular formula is C22H42O2. The summed E-state index contributed by atoms with van der Waals surface area (Å²) < 4.78 is 5.01. The Morgan fingerprint density at radius 1 is 0.542 bits per heavy atom. The van der Waals surface area contributed by atoms with Gasteiger partial charge in [-0.3, -0.25) is 4.79 Å². The van der Waals surface area contributed by atoms with Gasteiger partial charge in [0.1, 0.15) is 0 Å². The Balaban J connectivity index is 2.26. The second-order valence-electron chi connectivity index (χ2n) is 7.81. The largest absolute Gasteiger partial charge is 0.469 e. The number of carbonyl (C=O) groups excluding carboxylic acids is 1. The molecule has 0 aliphatic heterocycles. The summed E-state index contributed by atoms with van der Waals surface area (Å²) >= 11 is 0. The second kappa shape index (κ2) is 16.0. The molecular weight excluding hydrogens is 296 g/mol. The number of hydrogen-bond acceptors (Lipinski definition) is 2. The molecule has 2 heteroatoms. The monoisotopic (exact) mass is 338 g/mol. The summed E-state index contributed by atoms with van der Waals surface area (Å²) in [5.41, 5.74) is 0. The molecule has 0 aromatic carbocycles. The number of hydrogen-bond donors (Lipinski definition) is 0. The number of ether oxygens (including phenoxy) is 1. The van der Waals surface area contributed by atoms with Crippen molar-refractivity contribution in [3.63, 3.8) is 0 Å². The molecule has 0 unspecified atom stereocenters. The van der Waals surface area contributed by atoms with E-state index in [4.69, 9.17) is 4.74 Å². The first-order valence-electron chi connectivity index (χ1n) is 10.9. The maximum Gasteiger partial charge on any atom is 0.308 e. The summed E-state index contributed by atoms with van der Waals surface area (Å²) in [6.45, 7) is 0. The molecule has 24 heavy (non-hydrogen) atoms. The zero-order valence-electron chi connectivity index (χ0n) is 16.3. The van der Waals surface area contributed by atoms with Crippen LogP contribution in [0.5, 0.6) is 0 Å². The van der Waals surface area contributed by atoms with Gasteiger partial charge in [0.15, 0.2) is 0 Å². The number of rotatable bonds is 1. The van der Waals surface area contributed by atoms with Gasteiger partial charge in [-0.1, -0.05) is 109 Å². The van der Waals surface area contributed by atoms with Crippen LogP contribution < -0.4 is 0 Å². The molecule has 1 aliphatic rings. The highest BCUT2D eigenvalue weighted by molar-refractivity contribution is 5.72. The summed E-state index contributed by atoms with van der Waals surface area (Å²) in [5.74, 6) is 0.178. The predicted octanol–water partition coefficient (Wildman–Crippen LogP) is 7.20. The summed E-state index contributed by atoms with van der Waals surface area (Å²) in [5, 5.41) is 0. The van der Waals surface area contributed by atoms with E-state index < -0.39 is 0 Å². The minimum Gasteiger partial charge on any atom is -0.469 e. The molecule has 0 bridgehead atoms. The van der Waals surface area contributed by atoms with Gasteiger partial charge in [-0.05, 0) is 12.8 Å². The lowest BCUT2D eigenvalue weighted by molar-refractivity contribution is -0.146. The van der Waals surface area contributed by atoms with Crippen LogP contribution in [0.3, 0.4) is 0 Å². The Morgan fingerprint density at radius 3 is 1.04 bits per heavy atom. The van der Waals surface area contributed by atoms with Crippen LogP contribution in [0.1, 0.15) is 122 Å². The zero-order chi connectivity index (χ0) is 17.3. The van der Waals surface area contributed by atoms with E-state index in [2.05, 4.69) is 0 Å². The SMILES string of the molecule is COC(=O)C1CCCCCCCCCCCCCCCCCCC1. The van der Waals surface area contributed by atoms with E-state index in [1.54, 1.807) is 7.11 Å². The van der Waals surface area contributed by atoms with Crippen LogP contribution in [0.25, 0.3) is 0 Å². The van der Waals surface area contributed by atoms with E-state index in [1.807, 2.05) is 0 Å². The first kappa shape index (κ1) is 21.5. The highest BCUT2D eigenvalue weighted by Crippen LogP contribution is 2.21. The van der Waals surface area contributed by atoms with E-state index in [0.29, 0.717) is 0 Å². The first-order valence-corrected chi connectivity index (χ1v) is 10.9. The Hall–Kier alpha value is -0.530. The standard InChI is InChI=1S/C22H42O2/c1-24-22(23)21-19-17-15-13-11-9-7-5-3-2-4-6-8-10-12-14-16-18-20-21/h21H,2-20H2,1H3. The summed E-state index contributed by atoms with van der Waals surface area (Å²) in [4.78, 5) is 11.9. The second-order valence-corrected chi connectivity index (χ2v) is 7.81. The van der Waals surface area contributed by atoms with Crippen LogP contribution in [-0.4, -0.2) is 13.1 Å². The van der Waals surface area contributed by atoms with Crippen LogP contribution in [0, 0.1) is 5.92 Å². The van der Waals surface area contributed by atoms with Gasteiger partial charge < -0.3 is 4.74 Å². The van der Waals surface area contributed by atoms with Gasteiger partial charge in [0, 0.05) is 0 Å². The van der Waals surface area contributed by atoms with Gasteiger partial charge in [0.25, 0.3) is 0 Å². The van der Waals surface area contributed by atoms with Gasteiger partial charge in [-0.2, -0.15) is 0 Å². The van der Waals surface area contributed by atoms with Crippen molar-refractivity contribution in [2.45, 2.75) is 122 Å². The molecule has 1 fully saturated rings. The molecule has 0 spiro atoms. The fourth-order valence-corrected chi connectivity index (χ4v) is 3.98. The summed E-state index contributed by atoms with van der Waals surface area (Å²) in [7, 11) is 1.54. The van der Waals surface area contributed by atoms with Crippen molar-refractivity contribution in [1.82, 2.24) is 0 Å². The molecule has 1 aliphatic carbocycles. The lowest BCUT2D eigenvalue weighted by Crippen LogP contribution is -2.16. The molecule has 1 saturated carbocycles. The van der Waals surface area contributed by atoms with Crippen LogP contribution in [-0.2, 0) is 9.53 Å². The third-order valence-corrected chi connectivity index (χ3v) is 5.64. The molecule has 2 nitrogen and oxygen atoms in total. The van der Waals surface area contributed by atoms with E-state index in [-0.39, 0.29) is 11.9 Å². The number of esters is 1. The van der Waals surface area contributed by atoms with Crippen molar-refractivity contribution < 1.29 is 9.53 Å². The van der Waals surface area contributed by atoms with Gasteiger partial charge in [0.2, 0.25) is 0 Å². The average molecular weight is 339 g/mol. The summed E-state index contributed by atoms with van der Waals surface area (Å²) in [6.07, 6.45) is 25.3. The minimum absolute atomic E-state index is 0.0251. The highest BCUT2D eigenvalue weighted by Gasteiger charge is 2.18. The van der Waals surface area contributed by atoms with Crippen molar-refractivity contribution in [1.29, 1.82) is 0 Å². The fraction of sp³-hybridized carbons (Fsp3) is 0.955. The molecule has 0 aromatic heterocycles.